The molecule has 0 aliphatic rings. The third-order valence-electron chi connectivity index (χ3n) is 4.22. The van der Waals surface area contributed by atoms with Crippen molar-refractivity contribution in [3.63, 3.8) is 0 Å². The zero-order chi connectivity index (χ0) is 18.6. The second-order valence-electron chi connectivity index (χ2n) is 6.05. The van der Waals surface area contributed by atoms with Crippen molar-refractivity contribution in [2.45, 2.75) is 6.54 Å². The van der Waals surface area contributed by atoms with Crippen molar-refractivity contribution < 1.29 is 9.59 Å². The van der Waals surface area contributed by atoms with Gasteiger partial charge in [0.2, 0.25) is 0 Å². The predicted molar refractivity (Wildman–Crippen MR) is 102 cm³/mol. The van der Waals surface area contributed by atoms with Gasteiger partial charge in [-0.05, 0) is 29.8 Å². The van der Waals surface area contributed by atoms with Crippen LogP contribution in [0, 0.1) is 0 Å². The zero-order valence-corrected chi connectivity index (χ0v) is 14.3. The first-order chi connectivity index (χ1) is 13.2. The maximum atomic E-state index is 12.5. The van der Waals surface area contributed by atoms with Crippen LogP contribution in [-0.2, 0) is 6.54 Å². The van der Waals surface area contributed by atoms with Crippen molar-refractivity contribution >= 4 is 28.4 Å². The minimum atomic E-state index is -0.364. The van der Waals surface area contributed by atoms with Crippen LogP contribution in [0.1, 0.15) is 26.4 Å². The number of aromatic nitrogens is 3. The van der Waals surface area contributed by atoms with Gasteiger partial charge in [-0.3, -0.25) is 14.7 Å². The van der Waals surface area contributed by atoms with E-state index >= 15 is 0 Å². The molecule has 0 unspecified atom stereocenters. The van der Waals surface area contributed by atoms with E-state index in [0.29, 0.717) is 17.8 Å². The van der Waals surface area contributed by atoms with Crippen molar-refractivity contribution in [1.82, 2.24) is 20.5 Å². The molecule has 134 valence electrons. The van der Waals surface area contributed by atoms with Gasteiger partial charge in [0.1, 0.15) is 0 Å². The number of nitrogens with zero attached hydrogens (tertiary/aromatic N) is 1. The van der Waals surface area contributed by atoms with Crippen LogP contribution in [0.5, 0.6) is 0 Å². The van der Waals surface area contributed by atoms with Crippen molar-refractivity contribution in [1.29, 1.82) is 0 Å². The van der Waals surface area contributed by atoms with Crippen LogP contribution in [0.15, 0.2) is 67.0 Å². The maximum absolute atomic E-state index is 12.5. The van der Waals surface area contributed by atoms with E-state index in [4.69, 9.17) is 0 Å². The Bertz CT molecular complexity index is 1100. The summed E-state index contributed by atoms with van der Waals surface area (Å²) in [6.07, 6.45) is 3.31. The molecule has 2 heterocycles. The highest BCUT2D eigenvalue weighted by Gasteiger charge is 2.17. The lowest BCUT2D eigenvalue weighted by Gasteiger charge is -2.07. The number of anilines is 1. The molecule has 4 rings (SSSR count). The molecule has 0 fully saturated rings. The Kier molecular flexibility index (Phi) is 4.40. The van der Waals surface area contributed by atoms with E-state index < -0.39 is 0 Å². The molecule has 0 bridgehead atoms. The van der Waals surface area contributed by atoms with E-state index in [-0.39, 0.29) is 17.5 Å². The van der Waals surface area contributed by atoms with Gasteiger partial charge in [0.15, 0.2) is 5.69 Å². The SMILES string of the molecule is O=C(Nc1c[nH]nc1C(=O)NCc1ccccc1)c1ccc2[nH]ccc2c1. The van der Waals surface area contributed by atoms with Crippen molar-refractivity contribution in [3.05, 3.63) is 83.8 Å². The second-order valence-corrected chi connectivity index (χ2v) is 6.05. The monoisotopic (exact) mass is 359 g/mol. The van der Waals surface area contributed by atoms with Gasteiger partial charge in [-0.15, -0.1) is 0 Å². The number of hydrogen-bond donors (Lipinski definition) is 4. The zero-order valence-electron chi connectivity index (χ0n) is 14.3. The van der Waals surface area contributed by atoms with Crippen LogP contribution >= 0.6 is 0 Å². The summed E-state index contributed by atoms with van der Waals surface area (Å²) in [7, 11) is 0. The highest BCUT2D eigenvalue weighted by atomic mass is 16.2. The molecule has 0 atom stereocenters. The number of nitrogens with one attached hydrogen (secondary N) is 4. The number of carbonyl (C=O) groups excluding carboxylic acids is 2. The van der Waals surface area contributed by atoms with Crippen LogP contribution in [0.25, 0.3) is 10.9 Å². The lowest BCUT2D eigenvalue weighted by Crippen LogP contribution is -2.25. The molecular formula is C20H17N5O2. The Hall–Kier alpha value is -3.87. The fourth-order valence-corrected chi connectivity index (χ4v) is 2.81. The van der Waals surface area contributed by atoms with E-state index in [9.17, 15) is 9.59 Å². The molecule has 0 saturated carbocycles. The number of amides is 2. The van der Waals surface area contributed by atoms with Gasteiger partial charge in [-0.25, -0.2) is 0 Å². The summed E-state index contributed by atoms with van der Waals surface area (Å²) in [5, 5.41) is 13.1. The summed E-state index contributed by atoms with van der Waals surface area (Å²) in [6.45, 7) is 0.379. The van der Waals surface area contributed by atoms with Gasteiger partial charge in [0.05, 0.1) is 5.69 Å². The van der Waals surface area contributed by atoms with E-state index in [1.54, 1.807) is 12.1 Å². The lowest BCUT2D eigenvalue weighted by molar-refractivity contribution is 0.0946. The van der Waals surface area contributed by atoms with Crippen molar-refractivity contribution in [2.75, 3.05) is 5.32 Å². The highest BCUT2D eigenvalue weighted by molar-refractivity contribution is 6.09. The Morgan fingerprint density at radius 3 is 2.70 bits per heavy atom. The Morgan fingerprint density at radius 1 is 1.00 bits per heavy atom. The molecule has 0 radical (unpaired) electrons. The molecule has 27 heavy (non-hydrogen) atoms. The minimum Gasteiger partial charge on any atom is -0.361 e. The largest absolute Gasteiger partial charge is 0.361 e. The molecule has 0 aliphatic carbocycles. The van der Waals surface area contributed by atoms with Crippen LogP contribution in [0.4, 0.5) is 5.69 Å². The van der Waals surface area contributed by atoms with Crippen LogP contribution in [-0.4, -0.2) is 27.0 Å². The van der Waals surface area contributed by atoms with E-state index in [1.807, 2.05) is 48.7 Å². The van der Waals surface area contributed by atoms with Gasteiger partial charge in [-0.2, -0.15) is 5.10 Å². The molecular weight excluding hydrogens is 342 g/mol. The standard InChI is InChI=1S/C20H17N5O2/c26-19(15-6-7-16-14(10-15)8-9-21-16)24-17-12-23-25-18(17)20(27)22-11-13-4-2-1-3-5-13/h1-10,12,21H,11H2,(H,22,27)(H,23,25)(H,24,26). The normalized spacial score (nSPS) is 10.7. The summed E-state index contributed by atoms with van der Waals surface area (Å²) in [5.74, 6) is -0.673. The molecule has 4 N–H and O–H groups in total. The molecule has 2 amide bonds. The average molecular weight is 359 g/mol. The third kappa shape index (κ3) is 3.57. The molecule has 0 aliphatic heterocycles. The molecule has 2 aromatic heterocycles. The highest BCUT2D eigenvalue weighted by Crippen LogP contribution is 2.17. The first kappa shape index (κ1) is 16.6. The number of rotatable bonds is 5. The average Bonchev–Trinajstić information content (AvgIpc) is 3.35. The first-order valence-corrected chi connectivity index (χ1v) is 8.45. The Labute approximate surface area is 154 Å². The van der Waals surface area contributed by atoms with Crippen LogP contribution in [0.3, 0.4) is 0 Å². The van der Waals surface area contributed by atoms with Gasteiger partial charge in [-0.1, -0.05) is 30.3 Å². The van der Waals surface area contributed by atoms with E-state index in [1.165, 1.54) is 6.20 Å². The second kappa shape index (κ2) is 7.17. The molecule has 2 aromatic carbocycles. The first-order valence-electron chi connectivity index (χ1n) is 8.45. The molecule has 0 saturated heterocycles. The fourth-order valence-electron chi connectivity index (χ4n) is 2.81. The summed E-state index contributed by atoms with van der Waals surface area (Å²) < 4.78 is 0. The van der Waals surface area contributed by atoms with Gasteiger partial charge >= 0.3 is 0 Å². The topological polar surface area (TPSA) is 103 Å². The van der Waals surface area contributed by atoms with Crippen LogP contribution in [0.2, 0.25) is 0 Å². The molecule has 7 heteroatoms. The maximum Gasteiger partial charge on any atom is 0.274 e. The van der Waals surface area contributed by atoms with Crippen molar-refractivity contribution in [3.8, 4) is 0 Å². The third-order valence-corrected chi connectivity index (χ3v) is 4.22. The van der Waals surface area contributed by atoms with E-state index in [0.717, 1.165) is 16.5 Å². The summed E-state index contributed by atoms with van der Waals surface area (Å²) in [5.41, 5.74) is 2.91. The van der Waals surface area contributed by atoms with E-state index in [2.05, 4.69) is 25.8 Å². The minimum absolute atomic E-state index is 0.141. The number of fused-ring (bicyclic) bond motifs is 1. The number of aromatic amines is 2. The Balaban J connectivity index is 1.46. The lowest BCUT2D eigenvalue weighted by atomic mass is 10.1. The quantitative estimate of drug-likeness (QED) is 0.440. The van der Waals surface area contributed by atoms with Crippen LogP contribution < -0.4 is 10.6 Å². The molecule has 0 spiro atoms. The van der Waals surface area contributed by atoms with Gasteiger partial charge in [0, 0.05) is 35.4 Å². The predicted octanol–water partition coefficient (Wildman–Crippen LogP) is 3.07. The summed E-state index contributed by atoms with van der Waals surface area (Å²) in [4.78, 5) is 28.0. The number of hydrogen-bond acceptors (Lipinski definition) is 3. The number of carbonyl (C=O) groups is 2. The Morgan fingerprint density at radius 2 is 1.85 bits per heavy atom. The molecule has 4 aromatic rings. The number of benzene rings is 2. The fraction of sp³-hybridized carbons (Fsp3) is 0.0500. The smallest absolute Gasteiger partial charge is 0.274 e. The summed E-state index contributed by atoms with van der Waals surface area (Å²) in [6, 6.07) is 16.8. The van der Waals surface area contributed by atoms with Crippen molar-refractivity contribution in [2.24, 2.45) is 0 Å². The van der Waals surface area contributed by atoms with Gasteiger partial charge in [0.25, 0.3) is 11.8 Å². The summed E-state index contributed by atoms with van der Waals surface area (Å²) >= 11 is 0. The van der Waals surface area contributed by atoms with Gasteiger partial charge < -0.3 is 15.6 Å². The molecule has 7 nitrogen and oxygen atoms in total. The number of H-pyrrole nitrogens is 2.